The van der Waals surface area contributed by atoms with Gasteiger partial charge in [0.2, 0.25) is 0 Å². The molecule has 0 spiro atoms. The molecule has 0 radical (unpaired) electrons. The fourth-order valence-corrected chi connectivity index (χ4v) is 4.23. The van der Waals surface area contributed by atoms with E-state index in [9.17, 15) is 9.18 Å². The van der Waals surface area contributed by atoms with E-state index in [0.29, 0.717) is 28.6 Å². The fourth-order valence-electron chi connectivity index (χ4n) is 2.65. The number of fused-ring (bicyclic) bond motifs is 1. The molecule has 0 aliphatic heterocycles. The highest BCUT2D eigenvalue weighted by Gasteiger charge is 2.31. The molecular weight excluding hydrogens is 383 g/mol. The third kappa shape index (κ3) is 2.44. The zero-order valence-electron chi connectivity index (χ0n) is 12.6. The van der Waals surface area contributed by atoms with Gasteiger partial charge < -0.3 is 0 Å². The molecular formula is C15H14BrFN4OS. The van der Waals surface area contributed by atoms with E-state index >= 15 is 0 Å². The lowest BCUT2D eigenvalue weighted by molar-refractivity contribution is 0.593. The predicted molar refractivity (Wildman–Crippen MR) is 89.8 cm³/mol. The minimum absolute atomic E-state index is 0.145. The normalized spacial score (nSPS) is 14.8. The SMILES string of the molecule is Cc1sc2nc(Cn3nc(C4CC4)c(F)c3C)cc(=O)n2c1Br. The number of halogens is 2. The maximum atomic E-state index is 14.2. The van der Waals surface area contributed by atoms with E-state index in [1.54, 1.807) is 11.6 Å². The molecule has 1 aliphatic rings. The van der Waals surface area contributed by atoms with Crippen LogP contribution in [0.5, 0.6) is 0 Å². The number of nitrogens with zero attached hydrogens (tertiary/aromatic N) is 4. The molecule has 3 aromatic heterocycles. The Bertz CT molecular complexity index is 986. The van der Waals surface area contributed by atoms with E-state index < -0.39 is 0 Å². The molecule has 0 aromatic carbocycles. The van der Waals surface area contributed by atoms with E-state index in [1.807, 2.05) is 6.92 Å². The molecule has 120 valence electrons. The second kappa shape index (κ2) is 5.24. The molecule has 8 heteroatoms. The molecule has 23 heavy (non-hydrogen) atoms. The first kappa shape index (κ1) is 15.0. The van der Waals surface area contributed by atoms with Gasteiger partial charge in [0.25, 0.3) is 5.56 Å². The number of hydrogen-bond acceptors (Lipinski definition) is 4. The van der Waals surface area contributed by atoms with Crippen molar-refractivity contribution >= 4 is 32.2 Å². The van der Waals surface area contributed by atoms with Crippen LogP contribution in [0.25, 0.3) is 4.96 Å². The van der Waals surface area contributed by atoms with Crippen molar-refractivity contribution in [3.63, 3.8) is 0 Å². The van der Waals surface area contributed by atoms with Gasteiger partial charge in [0.05, 0.1) is 17.9 Å². The Balaban J connectivity index is 1.76. The molecule has 1 saturated carbocycles. The van der Waals surface area contributed by atoms with Crippen molar-refractivity contribution < 1.29 is 4.39 Å². The fraction of sp³-hybridized carbons (Fsp3) is 0.400. The van der Waals surface area contributed by atoms with Gasteiger partial charge in [-0.15, -0.1) is 11.3 Å². The van der Waals surface area contributed by atoms with Gasteiger partial charge in [-0.2, -0.15) is 5.10 Å². The minimum atomic E-state index is -0.222. The lowest BCUT2D eigenvalue weighted by Gasteiger charge is -2.04. The third-order valence-electron chi connectivity index (χ3n) is 4.11. The third-order valence-corrected chi connectivity index (χ3v) is 6.27. The average Bonchev–Trinajstić information content (AvgIpc) is 3.24. The topological polar surface area (TPSA) is 52.2 Å². The maximum absolute atomic E-state index is 14.2. The van der Waals surface area contributed by atoms with E-state index in [2.05, 4.69) is 26.0 Å². The lowest BCUT2D eigenvalue weighted by atomic mass is 10.2. The van der Waals surface area contributed by atoms with Crippen LogP contribution in [0.1, 0.15) is 40.7 Å². The highest BCUT2D eigenvalue weighted by Crippen LogP contribution is 2.41. The minimum Gasteiger partial charge on any atom is -0.269 e. The number of aromatic nitrogens is 4. The van der Waals surface area contributed by atoms with Crippen LogP contribution in [0.3, 0.4) is 0 Å². The summed E-state index contributed by atoms with van der Waals surface area (Å²) in [6, 6.07) is 1.49. The molecule has 5 nitrogen and oxygen atoms in total. The van der Waals surface area contributed by atoms with Gasteiger partial charge in [-0.3, -0.25) is 9.48 Å². The maximum Gasteiger partial charge on any atom is 0.259 e. The molecule has 1 aliphatic carbocycles. The van der Waals surface area contributed by atoms with Crippen molar-refractivity contribution in [1.82, 2.24) is 19.2 Å². The van der Waals surface area contributed by atoms with Gasteiger partial charge in [-0.1, -0.05) is 0 Å². The Labute approximate surface area is 143 Å². The lowest BCUT2D eigenvalue weighted by Crippen LogP contribution is -2.16. The Kier molecular flexibility index (Phi) is 3.42. The van der Waals surface area contributed by atoms with Crippen LogP contribution < -0.4 is 5.56 Å². The van der Waals surface area contributed by atoms with Crippen molar-refractivity contribution in [3.8, 4) is 0 Å². The summed E-state index contributed by atoms with van der Waals surface area (Å²) in [6.07, 6.45) is 2.00. The summed E-state index contributed by atoms with van der Waals surface area (Å²) in [5, 5.41) is 4.39. The first-order valence-electron chi connectivity index (χ1n) is 7.36. The largest absolute Gasteiger partial charge is 0.269 e. The van der Waals surface area contributed by atoms with Gasteiger partial charge in [-0.25, -0.2) is 13.8 Å². The number of aryl methyl sites for hydroxylation is 1. The molecule has 4 rings (SSSR count). The number of rotatable bonds is 3. The van der Waals surface area contributed by atoms with Crippen molar-refractivity contribution in [2.75, 3.05) is 0 Å². The van der Waals surface area contributed by atoms with E-state index in [1.165, 1.54) is 21.8 Å². The van der Waals surface area contributed by atoms with Crippen LogP contribution in [0.4, 0.5) is 4.39 Å². The summed E-state index contributed by atoms with van der Waals surface area (Å²) < 4.78 is 18.1. The zero-order chi connectivity index (χ0) is 16.3. The second-order valence-electron chi connectivity index (χ2n) is 5.87. The molecule has 0 unspecified atom stereocenters. The number of thiazole rings is 1. The molecule has 3 heterocycles. The summed E-state index contributed by atoms with van der Waals surface area (Å²) in [5.41, 5.74) is 1.50. The standard InChI is InChI=1S/C15H14BrFN4OS/c1-7-12(17)13(9-3-4-9)19-20(7)6-10-5-11(22)21-14(16)8(2)23-15(21)18-10/h5,9H,3-4,6H2,1-2H3. The van der Waals surface area contributed by atoms with Crippen LogP contribution >= 0.6 is 27.3 Å². The van der Waals surface area contributed by atoms with Crippen molar-refractivity contribution in [2.24, 2.45) is 0 Å². The van der Waals surface area contributed by atoms with Crippen LogP contribution in [-0.2, 0) is 6.54 Å². The first-order valence-corrected chi connectivity index (χ1v) is 8.97. The van der Waals surface area contributed by atoms with E-state index in [0.717, 1.165) is 22.3 Å². The highest BCUT2D eigenvalue weighted by molar-refractivity contribution is 9.10. The van der Waals surface area contributed by atoms with Crippen LogP contribution in [0.15, 0.2) is 15.5 Å². The number of hydrogen-bond donors (Lipinski definition) is 0. The first-order chi connectivity index (χ1) is 11.0. The van der Waals surface area contributed by atoms with Gasteiger partial charge in [0, 0.05) is 16.9 Å². The Morgan fingerprint density at radius 2 is 2.17 bits per heavy atom. The second-order valence-corrected chi connectivity index (χ2v) is 7.80. The van der Waals surface area contributed by atoms with Gasteiger partial charge >= 0.3 is 0 Å². The van der Waals surface area contributed by atoms with Crippen molar-refractivity contribution in [2.45, 2.75) is 39.2 Å². The van der Waals surface area contributed by atoms with Crippen molar-refractivity contribution in [3.05, 3.63) is 48.8 Å². The van der Waals surface area contributed by atoms with Gasteiger partial charge in [0.1, 0.15) is 10.3 Å². The highest BCUT2D eigenvalue weighted by atomic mass is 79.9. The smallest absolute Gasteiger partial charge is 0.259 e. The van der Waals surface area contributed by atoms with E-state index in [4.69, 9.17) is 0 Å². The Morgan fingerprint density at radius 3 is 2.87 bits per heavy atom. The van der Waals surface area contributed by atoms with Crippen LogP contribution in [-0.4, -0.2) is 19.2 Å². The molecule has 0 bridgehead atoms. The molecule has 0 saturated heterocycles. The molecule has 0 atom stereocenters. The van der Waals surface area contributed by atoms with Gasteiger partial charge in [-0.05, 0) is 42.6 Å². The quantitative estimate of drug-likeness (QED) is 0.681. The molecule has 1 fully saturated rings. The monoisotopic (exact) mass is 396 g/mol. The van der Waals surface area contributed by atoms with Gasteiger partial charge in [0.15, 0.2) is 10.8 Å². The average molecular weight is 397 g/mol. The summed E-state index contributed by atoms with van der Waals surface area (Å²) in [6.45, 7) is 3.94. The van der Waals surface area contributed by atoms with Crippen LogP contribution in [0, 0.1) is 19.7 Å². The summed E-state index contributed by atoms with van der Waals surface area (Å²) in [7, 11) is 0. The van der Waals surface area contributed by atoms with E-state index in [-0.39, 0.29) is 17.3 Å². The molecule has 3 aromatic rings. The molecule has 0 amide bonds. The summed E-state index contributed by atoms with van der Waals surface area (Å²) in [5.74, 6) is 0.0342. The summed E-state index contributed by atoms with van der Waals surface area (Å²) in [4.78, 5) is 18.4. The predicted octanol–water partition coefficient (Wildman–Crippen LogP) is 3.40. The zero-order valence-corrected chi connectivity index (χ0v) is 15.0. The Morgan fingerprint density at radius 1 is 1.43 bits per heavy atom. The van der Waals surface area contributed by atoms with Crippen LogP contribution in [0.2, 0.25) is 0 Å². The molecule has 0 N–H and O–H groups in total. The Hall–Kier alpha value is -1.54. The summed E-state index contributed by atoms with van der Waals surface area (Å²) >= 11 is 4.85. The van der Waals surface area contributed by atoms with Crippen molar-refractivity contribution in [1.29, 1.82) is 0 Å².